The molecular weight excluding hydrogens is 649 g/mol. The van der Waals surface area contributed by atoms with E-state index in [1.165, 1.54) is 29.3 Å². The normalized spacial score (nSPS) is 14.9. The fourth-order valence-electron chi connectivity index (χ4n) is 5.55. The Hall–Kier alpha value is -5.44. The van der Waals surface area contributed by atoms with Gasteiger partial charge in [0.15, 0.2) is 11.6 Å². The first kappa shape index (κ1) is 32.5. The number of halogens is 3. The number of nitrogens with zero attached hydrogens (tertiary/aromatic N) is 4. The van der Waals surface area contributed by atoms with E-state index in [0.29, 0.717) is 47.7 Å². The van der Waals surface area contributed by atoms with Gasteiger partial charge in [0.05, 0.1) is 22.7 Å². The first-order valence-electron chi connectivity index (χ1n) is 14.8. The lowest BCUT2D eigenvalue weighted by Gasteiger charge is -2.31. The molecule has 6 rings (SSSR count). The number of nitrogens with one attached hydrogen (secondary N) is 2. The van der Waals surface area contributed by atoms with Crippen molar-refractivity contribution in [1.29, 1.82) is 0 Å². The number of piperidine rings is 1. The van der Waals surface area contributed by atoms with Gasteiger partial charge in [-0.3, -0.25) is 4.72 Å². The molecule has 5 aromatic rings. The van der Waals surface area contributed by atoms with Crippen molar-refractivity contribution >= 4 is 38.5 Å². The van der Waals surface area contributed by atoms with Crippen LogP contribution in [0.4, 0.5) is 29.6 Å². The number of benzene rings is 3. The van der Waals surface area contributed by atoms with Gasteiger partial charge in [0.2, 0.25) is 21.9 Å². The molecule has 0 spiro atoms. The maximum atomic E-state index is 15.2. The minimum absolute atomic E-state index is 0.153. The predicted molar refractivity (Wildman–Crippen MR) is 173 cm³/mol. The molecule has 248 valence electrons. The number of carbonyl (C=O) groups is 1. The second-order valence-electron chi connectivity index (χ2n) is 11.2. The average Bonchev–Trinajstić information content (AvgIpc) is 3.06. The third kappa shape index (κ3) is 6.95. The molecule has 11 nitrogen and oxygen atoms in total. The van der Waals surface area contributed by atoms with Gasteiger partial charge < -0.3 is 20.1 Å². The number of rotatable bonds is 9. The molecule has 3 heterocycles. The second kappa shape index (κ2) is 13.4. The fraction of sp³-hybridized carbons (Fsp3) is 0.212. The number of hydrogen-bond donors (Lipinski definition) is 3. The van der Waals surface area contributed by atoms with Crippen molar-refractivity contribution in [3.05, 3.63) is 102 Å². The zero-order chi connectivity index (χ0) is 34.0. The van der Waals surface area contributed by atoms with Crippen LogP contribution < -0.4 is 14.8 Å². The Morgan fingerprint density at radius 2 is 1.81 bits per heavy atom. The molecule has 1 aliphatic heterocycles. The molecule has 0 bridgehead atoms. The number of fused-ring (bicyclic) bond motifs is 1. The largest absolute Gasteiger partial charge is 0.465 e. The third-order valence-corrected chi connectivity index (χ3v) is 9.06. The van der Waals surface area contributed by atoms with E-state index < -0.39 is 44.9 Å². The maximum Gasteiger partial charge on any atom is 0.407 e. The van der Waals surface area contributed by atoms with Gasteiger partial charge in [-0.05, 0) is 61.7 Å². The van der Waals surface area contributed by atoms with E-state index >= 15 is 4.39 Å². The SMILES string of the molecule is Cc1ccc2c(NS(=O)(=O)Cc3cccc(F)c3F)c(F)ccc2c1Oc1ncccc1-c1ccnc(N[C@H]2CCCN(C(=O)O)C2)n1. The molecule has 3 N–H and O–H groups in total. The molecule has 1 fully saturated rings. The van der Waals surface area contributed by atoms with Crippen LogP contribution in [-0.4, -0.2) is 58.6 Å². The summed E-state index contributed by atoms with van der Waals surface area (Å²) in [6.07, 6.45) is 3.54. The lowest BCUT2D eigenvalue weighted by molar-refractivity contribution is 0.132. The first-order chi connectivity index (χ1) is 23.0. The highest BCUT2D eigenvalue weighted by atomic mass is 32.2. The summed E-state index contributed by atoms with van der Waals surface area (Å²) in [4.78, 5) is 26.1. The van der Waals surface area contributed by atoms with Crippen LogP contribution in [0.2, 0.25) is 0 Å². The quantitative estimate of drug-likeness (QED) is 0.155. The first-order valence-corrected chi connectivity index (χ1v) is 16.5. The highest BCUT2D eigenvalue weighted by Gasteiger charge is 2.25. The van der Waals surface area contributed by atoms with Crippen molar-refractivity contribution in [1.82, 2.24) is 19.9 Å². The second-order valence-corrected chi connectivity index (χ2v) is 13.0. The minimum atomic E-state index is -4.39. The van der Waals surface area contributed by atoms with Gasteiger partial charge in [-0.15, -0.1) is 0 Å². The number of ether oxygens (including phenoxy) is 1. The number of carboxylic acid groups (broad SMARTS) is 1. The van der Waals surface area contributed by atoms with Gasteiger partial charge in [-0.1, -0.05) is 24.3 Å². The lowest BCUT2D eigenvalue weighted by Crippen LogP contribution is -2.44. The summed E-state index contributed by atoms with van der Waals surface area (Å²) in [6, 6.07) is 13.8. The van der Waals surface area contributed by atoms with Gasteiger partial charge in [0, 0.05) is 47.9 Å². The zero-order valence-corrected chi connectivity index (χ0v) is 26.3. The molecule has 48 heavy (non-hydrogen) atoms. The minimum Gasteiger partial charge on any atom is -0.465 e. The monoisotopic (exact) mass is 678 g/mol. The smallest absolute Gasteiger partial charge is 0.407 e. The van der Waals surface area contributed by atoms with E-state index in [4.69, 9.17) is 4.74 Å². The molecule has 0 aliphatic carbocycles. The Labute approximate surface area is 273 Å². The zero-order valence-electron chi connectivity index (χ0n) is 25.5. The van der Waals surface area contributed by atoms with Gasteiger partial charge in [0.25, 0.3) is 0 Å². The number of amides is 1. The summed E-state index contributed by atoms with van der Waals surface area (Å²) in [6.45, 7) is 2.52. The van der Waals surface area contributed by atoms with E-state index in [0.717, 1.165) is 24.6 Å². The topological polar surface area (TPSA) is 147 Å². The molecule has 0 radical (unpaired) electrons. The molecule has 1 amide bonds. The number of anilines is 2. The number of pyridine rings is 1. The van der Waals surface area contributed by atoms with Gasteiger partial charge in [0.1, 0.15) is 11.6 Å². The van der Waals surface area contributed by atoms with Crippen LogP contribution in [0.1, 0.15) is 24.0 Å². The summed E-state index contributed by atoms with van der Waals surface area (Å²) in [5.41, 5.74) is 0.798. The van der Waals surface area contributed by atoms with E-state index in [1.807, 2.05) is 0 Å². The van der Waals surface area contributed by atoms with Crippen LogP contribution in [-0.2, 0) is 15.8 Å². The van der Waals surface area contributed by atoms with E-state index in [9.17, 15) is 27.1 Å². The van der Waals surface area contributed by atoms with Crippen LogP contribution in [0, 0.1) is 24.4 Å². The predicted octanol–water partition coefficient (Wildman–Crippen LogP) is 6.71. The average molecular weight is 679 g/mol. The van der Waals surface area contributed by atoms with Crippen LogP contribution in [0.25, 0.3) is 22.0 Å². The van der Waals surface area contributed by atoms with Gasteiger partial charge >= 0.3 is 6.09 Å². The van der Waals surface area contributed by atoms with E-state index in [1.54, 1.807) is 37.4 Å². The van der Waals surface area contributed by atoms with Crippen molar-refractivity contribution in [2.75, 3.05) is 23.1 Å². The Balaban J connectivity index is 1.30. The molecule has 0 saturated carbocycles. The molecule has 0 unspecified atom stereocenters. The summed E-state index contributed by atoms with van der Waals surface area (Å²) >= 11 is 0. The molecular formula is C33H29F3N6O5S. The Morgan fingerprint density at radius 1 is 1.00 bits per heavy atom. The number of likely N-dealkylation sites (tertiary alicyclic amines) is 1. The van der Waals surface area contributed by atoms with Crippen LogP contribution >= 0.6 is 0 Å². The van der Waals surface area contributed by atoms with Crippen LogP contribution in [0.15, 0.2) is 73.1 Å². The standard InChI is InChI=1S/C33H29F3N6O5S/c1-19-9-10-22-23(11-12-26(35)29(22)41-48(45,46)18-20-5-2-8-25(34)28(20)36)30(19)47-31-24(7-3-14-37-31)27-13-15-38-32(40-27)39-21-6-4-16-42(17-21)33(43)44/h2-3,5,7-15,21,41H,4,6,16-18H2,1H3,(H,43,44)(H,38,39,40)/t21-/m0/s1. The summed E-state index contributed by atoms with van der Waals surface area (Å²) in [5.74, 6) is -3.59. The molecule has 2 aromatic heterocycles. The summed E-state index contributed by atoms with van der Waals surface area (Å²) in [5, 5.41) is 13.1. The molecule has 15 heteroatoms. The highest BCUT2D eigenvalue weighted by Crippen LogP contribution is 2.40. The number of hydrogen-bond acceptors (Lipinski definition) is 8. The third-order valence-electron chi connectivity index (χ3n) is 7.86. The lowest BCUT2D eigenvalue weighted by atomic mass is 10.0. The molecule has 3 aromatic carbocycles. The Bertz CT molecular complexity index is 2140. The van der Waals surface area contributed by atoms with Crippen LogP contribution in [0.5, 0.6) is 11.6 Å². The van der Waals surface area contributed by atoms with Crippen LogP contribution in [0.3, 0.4) is 0 Å². The van der Waals surface area contributed by atoms with Crippen molar-refractivity contribution in [2.24, 2.45) is 0 Å². The fourth-order valence-corrected chi connectivity index (χ4v) is 6.77. The number of sulfonamides is 1. The molecule has 1 saturated heterocycles. The van der Waals surface area contributed by atoms with Crippen molar-refractivity contribution in [2.45, 2.75) is 31.6 Å². The van der Waals surface area contributed by atoms with Crippen molar-refractivity contribution in [3.63, 3.8) is 0 Å². The van der Waals surface area contributed by atoms with E-state index in [-0.39, 0.29) is 28.7 Å². The number of aryl methyl sites for hydroxylation is 1. The summed E-state index contributed by atoms with van der Waals surface area (Å²) in [7, 11) is -4.39. The molecule has 1 aliphatic rings. The Kier molecular flexibility index (Phi) is 9.04. The maximum absolute atomic E-state index is 15.2. The summed E-state index contributed by atoms with van der Waals surface area (Å²) < 4.78 is 77.7. The van der Waals surface area contributed by atoms with Gasteiger partial charge in [-0.2, -0.15) is 0 Å². The van der Waals surface area contributed by atoms with Crippen molar-refractivity contribution in [3.8, 4) is 22.9 Å². The highest BCUT2D eigenvalue weighted by molar-refractivity contribution is 7.91. The van der Waals surface area contributed by atoms with E-state index in [2.05, 4.69) is 25.0 Å². The number of aromatic nitrogens is 3. The van der Waals surface area contributed by atoms with Gasteiger partial charge in [-0.25, -0.2) is 41.3 Å². The Morgan fingerprint density at radius 3 is 2.62 bits per heavy atom. The van der Waals surface area contributed by atoms with Crippen molar-refractivity contribution < 1.29 is 36.2 Å². The molecule has 1 atom stereocenters.